The van der Waals surface area contributed by atoms with Crippen molar-refractivity contribution in [3.63, 3.8) is 0 Å². The summed E-state index contributed by atoms with van der Waals surface area (Å²) in [5.41, 5.74) is 5.16. The average molecular weight is 194 g/mol. The summed E-state index contributed by atoms with van der Waals surface area (Å²) in [5, 5.41) is 8.40. The highest BCUT2D eigenvalue weighted by molar-refractivity contribution is 5.36. The molecule has 0 saturated heterocycles. The average Bonchev–Trinajstić information content (AvgIpc) is 2.16. The van der Waals surface area contributed by atoms with Gasteiger partial charge in [-0.05, 0) is 17.7 Å². The predicted octanol–water partition coefficient (Wildman–Crippen LogP) is 2.02. The van der Waals surface area contributed by atoms with E-state index in [-0.39, 0.29) is 5.56 Å². The van der Waals surface area contributed by atoms with Crippen molar-refractivity contribution in [2.75, 3.05) is 0 Å². The second kappa shape index (κ2) is 3.99. The van der Waals surface area contributed by atoms with E-state index in [0.717, 1.165) is 12.1 Å². The maximum absolute atomic E-state index is 13.1. The van der Waals surface area contributed by atoms with E-state index in [0.29, 0.717) is 0 Å². The second-order valence-corrected chi connectivity index (χ2v) is 2.73. The van der Waals surface area contributed by atoms with E-state index in [4.69, 9.17) is 11.0 Å². The minimum atomic E-state index is -0.903. The predicted molar refractivity (Wildman–Crippen MR) is 48.2 cm³/mol. The van der Waals surface area contributed by atoms with Gasteiger partial charge in [-0.15, -0.1) is 6.58 Å². The lowest BCUT2D eigenvalue weighted by Gasteiger charge is -2.07. The van der Waals surface area contributed by atoms with E-state index in [1.807, 2.05) is 0 Å². The molecule has 0 spiro atoms. The molecule has 1 rings (SSSR count). The van der Waals surface area contributed by atoms with E-state index in [1.165, 1.54) is 12.1 Å². The molecule has 0 aliphatic heterocycles. The molecule has 2 nitrogen and oxygen atoms in total. The van der Waals surface area contributed by atoms with Crippen LogP contribution in [0.5, 0.6) is 0 Å². The molecule has 1 aromatic rings. The Morgan fingerprint density at radius 2 is 1.93 bits per heavy atom. The van der Waals surface area contributed by atoms with Gasteiger partial charge in [0.2, 0.25) is 0 Å². The molecule has 0 bridgehead atoms. The molecule has 0 aromatic heterocycles. The van der Waals surface area contributed by atoms with Crippen molar-refractivity contribution in [2.24, 2.45) is 5.73 Å². The Morgan fingerprint density at radius 1 is 1.43 bits per heavy atom. The maximum Gasteiger partial charge on any atom is 0.144 e. The van der Waals surface area contributed by atoms with Crippen molar-refractivity contribution in [2.45, 2.75) is 6.04 Å². The van der Waals surface area contributed by atoms with Crippen molar-refractivity contribution in [3.8, 4) is 6.07 Å². The zero-order valence-corrected chi connectivity index (χ0v) is 7.30. The van der Waals surface area contributed by atoms with Gasteiger partial charge >= 0.3 is 0 Å². The van der Waals surface area contributed by atoms with Gasteiger partial charge in [0.15, 0.2) is 0 Å². The Hall–Kier alpha value is -1.73. The topological polar surface area (TPSA) is 49.8 Å². The number of rotatable bonds is 2. The summed E-state index contributed by atoms with van der Waals surface area (Å²) in [6.07, 6.45) is 1.36. The molecule has 1 atom stereocenters. The van der Waals surface area contributed by atoms with Crippen molar-refractivity contribution in [1.29, 1.82) is 5.26 Å². The Balaban J connectivity index is 3.28. The molecule has 4 heteroatoms. The lowest BCUT2D eigenvalue weighted by Crippen LogP contribution is -2.08. The Kier molecular flexibility index (Phi) is 2.95. The molecule has 72 valence electrons. The normalized spacial score (nSPS) is 11.9. The van der Waals surface area contributed by atoms with Gasteiger partial charge in [0.25, 0.3) is 0 Å². The third-order valence-corrected chi connectivity index (χ3v) is 1.82. The van der Waals surface area contributed by atoms with Crippen LogP contribution in [0, 0.1) is 23.0 Å². The Labute approximate surface area is 80.3 Å². The van der Waals surface area contributed by atoms with Crippen LogP contribution in [0.2, 0.25) is 0 Å². The molecule has 0 unspecified atom stereocenters. The molecule has 0 amide bonds. The van der Waals surface area contributed by atoms with Crippen LogP contribution in [0.1, 0.15) is 17.2 Å². The molecule has 0 saturated carbocycles. The van der Waals surface area contributed by atoms with Crippen molar-refractivity contribution in [3.05, 3.63) is 47.5 Å². The first kappa shape index (κ1) is 10.4. The molecule has 0 aliphatic rings. The molecule has 0 heterocycles. The number of hydrogen-bond acceptors (Lipinski definition) is 2. The van der Waals surface area contributed by atoms with Gasteiger partial charge in [-0.2, -0.15) is 5.26 Å². The number of nitrogens with zero attached hydrogens (tertiary/aromatic N) is 1. The van der Waals surface area contributed by atoms with Crippen LogP contribution in [0.25, 0.3) is 0 Å². The fraction of sp³-hybridized carbons (Fsp3) is 0.100. The van der Waals surface area contributed by atoms with Crippen molar-refractivity contribution in [1.82, 2.24) is 0 Å². The van der Waals surface area contributed by atoms with Crippen molar-refractivity contribution >= 4 is 0 Å². The van der Waals surface area contributed by atoms with Gasteiger partial charge in [0.05, 0.1) is 0 Å². The summed E-state index contributed by atoms with van der Waals surface area (Å²) in [7, 11) is 0. The summed E-state index contributed by atoms with van der Waals surface area (Å²) in [6.45, 7) is 3.40. The summed E-state index contributed by atoms with van der Waals surface area (Å²) in [6, 6.07) is 2.87. The van der Waals surface area contributed by atoms with Crippen LogP contribution in [0.4, 0.5) is 8.78 Å². The first-order valence-corrected chi connectivity index (χ1v) is 3.87. The highest BCUT2D eigenvalue weighted by Gasteiger charge is 2.12. The molecule has 0 fully saturated rings. The highest BCUT2D eigenvalue weighted by Crippen LogP contribution is 2.18. The number of benzene rings is 1. The van der Waals surface area contributed by atoms with Crippen LogP contribution in [0.15, 0.2) is 24.8 Å². The van der Waals surface area contributed by atoms with Gasteiger partial charge in [-0.1, -0.05) is 6.08 Å². The van der Waals surface area contributed by atoms with Crippen molar-refractivity contribution < 1.29 is 8.78 Å². The van der Waals surface area contributed by atoms with Crippen LogP contribution in [-0.4, -0.2) is 0 Å². The molecular formula is C10H8F2N2. The molecule has 0 aliphatic carbocycles. The van der Waals surface area contributed by atoms with E-state index in [1.54, 1.807) is 0 Å². The van der Waals surface area contributed by atoms with Gasteiger partial charge in [0.1, 0.15) is 23.3 Å². The van der Waals surface area contributed by atoms with Crippen LogP contribution >= 0.6 is 0 Å². The molecule has 0 radical (unpaired) electrons. The monoisotopic (exact) mass is 194 g/mol. The highest BCUT2D eigenvalue weighted by atomic mass is 19.1. The molecule has 2 N–H and O–H groups in total. The number of hydrogen-bond donors (Lipinski definition) is 1. The lowest BCUT2D eigenvalue weighted by molar-refractivity contribution is 0.571. The zero-order valence-electron chi connectivity index (χ0n) is 7.30. The van der Waals surface area contributed by atoms with E-state index in [2.05, 4.69) is 6.58 Å². The van der Waals surface area contributed by atoms with E-state index < -0.39 is 23.2 Å². The Bertz CT molecular complexity index is 384. The standard InChI is InChI=1S/C10H8F2N2/c1-2-10(14)6-3-8(11)7(5-13)9(12)4-6/h2-4,10H,1,14H2/t10-/m1/s1. The minimum absolute atomic E-state index is 0.258. The fourth-order valence-corrected chi connectivity index (χ4v) is 1.03. The maximum atomic E-state index is 13.1. The number of nitrogens with two attached hydrogens (primary N) is 1. The quantitative estimate of drug-likeness (QED) is 0.732. The first-order valence-electron chi connectivity index (χ1n) is 3.87. The number of halogens is 2. The SMILES string of the molecule is C=C[C@@H](N)c1cc(F)c(C#N)c(F)c1. The Morgan fingerprint density at radius 3 is 2.29 bits per heavy atom. The third-order valence-electron chi connectivity index (χ3n) is 1.82. The van der Waals surface area contributed by atoms with E-state index in [9.17, 15) is 8.78 Å². The summed E-state index contributed by atoms with van der Waals surface area (Å²) >= 11 is 0. The number of nitriles is 1. The van der Waals surface area contributed by atoms with Crippen LogP contribution in [0.3, 0.4) is 0 Å². The summed E-state index contributed by atoms with van der Waals surface area (Å²) < 4.78 is 26.1. The summed E-state index contributed by atoms with van der Waals surface area (Å²) in [5.74, 6) is -1.81. The third kappa shape index (κ3) is 1.78. The lowest BCUT2D eigenvalue weighted by atomic mass is 10.0. The molecular weight excluding hydrogens is 186 g/mol. The van der Waals surface area contributed by atoms with Crippen LogP contribution < -0.4 is 5.73 Å². The fourth-order valence-electron chi connectivity index (χ4n) is 1.03. The largest absolute Gasteiger partial charge is 0.321 e. The van der Waals surface area contributed by atoms with Crippen LogP contribution in [-0.2, 0) is 0 Å². The molecule has 14 heavy (non-hydrogen) atoms. The minimum Gasteiger partial charge on any atom is -0.321 e. The van der Waals surface area contributed by atoms with E-state index >= 15 is 0 Å². The first-order chi connectivity index (χ1) is 6.60. The van der Waals surface area contributed by atoms with Gasteiger partial charge < -0.3 is 5.73 Å². The van der Waals surface area contributed by atoms with Gasteiger partial charge in [0, 0.05) is 6.04 Å². The van der Waals surface area contributed by atoms with Gasteiger partial charge in [-0.3, -0.25) is 0 Å². The molecule has 1 aromatic carbocycles. The second-order valence-electron chi connectivity index (χ2n) is 2.73. The zero-order chi connectivity index (χ0) is 10.7. The van der Waals surface area contributed by atoms with Gasteiger partial charge in [-0.25, -0.2) is 8.78 Å². The summed E-state index contributed by atoms with van der Waals surface area (Å²) in [4.78, 5) is 0. The smallest absolute Gasteiger partial charge is 0.144 e.